The van der Waals surface area contributed by atoms with E-state index in [2.05, 4.69) is 6.92 Å². The minimum atomic E-state index is -0.738. The number of fused-ring (bicyclic) bond motifs is 1. The van der Waals surface area contributed by atoms with Gasteiger partial charge in [0.05, 0.1) is 24.5 Å². The number of hydrogen-bond donors (Lipinski definition) is 1. The van der Waals surface area contributed by atoms with Crippen LogP contribution >= 0.6 is 0 Å². The zero-order valence-electron chi connectivity index (χ0n) is 16.7. The van der Waals surface area contributed by atoms with Crippen molar-refractivity contribution in [3.8, 4) is 17.2 Å². The lowest BCUT2D eigenvalue weighted by molar-refractivity contribution is -0.148. The number of carbonyl (C=O) groups is 1. The minimum absolute atomic E-state index is 0.125. The van der Waals surface area contributed by atoms with E-state index in [9.17, 15) is 14.7 Å². The first-order chi connectivity index (χ1) is 13.5. The van der Waals surface area contributed by atoms with Crippen LogP contribution < -0.4 is 15.1 Å². The molecule has 0 aliphatic heterocycles. The fraction of sp³-hybridized carbons (Fsp3) is 0.524. The van der Waals surface area contributed by atoms with Gasteiger partial charge in [-0.05, 0) is 32.4 Å². The number of ether oxygens (including phenoxy) is 3. The summed E-state index contributed by atoms with van der Waals surface area (Å²) in [5.74, 6) is -0.769. The highest BCUT2D eigenvalue weighted by molar-refractivity contribution is 5.86. The van der Waals surface area contributed by atoms with Crippen LogP contribution in [-0.2, 0) is 9.53 Å². The highest BCUT2D eigenvalue weighted by Crippen LogP contribution is 2.33. The van der Waals surface area contributed by atoms with Gasteiger partial charge in [0.1, 0.15) is 17.9 Å². The van der Waals surface area contributed by atoms with Crippen molar-refractivity contribution in [1.29, 1.82) is 0 Å². The normalized spacial score (nSPS) is 12.0. The molecule has 7 heteroatoms. The van der Waals surface area contributed by atoms with Gasteiger partial charge in [-0.2, -0.15) is 0 Å². The second kappa shape index (κ2) is 10.6. The molecule has 154 valence electrons. The molecular weight excluding hydrogens is 364 g/mol. The lowest BCUT2D eigenvalue weighted by atomic mass is 10.2. The van der Waals surface area contributed by atoms with Crippen molar-refractivity contribution in [3.05, 3.63) is 28.6 Å². The number of aromatic hydroxyl groups is 1. The topological polar surface area (TPSA) is 95.2 Å². The standard InChI is InChI=1S/C21H28O7/c1-4-6-7-8-11-26-19-18(22)16-10-9-15(12-17(16)28-21(19)24)27-13-14(3)20(23)25-5-2/h9-10,12,14,22H,4-8,11,13H2,1-3H3. The van der Waals surface area contributed by atoms with Gasteiger partial charge in [-0.1, -0.05) is 26.2 Å². The van der Waals surface area contributed by atoms with Crippen LogP contribution in [0.2, 0.25) is 0 Å². The number of rotatable bonds is 11. The fourth-order valence-corrected chi connectivity index (χ4v) is 2.64. The molecule has 0 saturated heterocycles. The lowest BCUT2D eigenvalue weighted by Gasteiger charge is -2.13. The highest BCUT2D eigenvalue weighted by Gasteiger charge is 2.17. The third-order valence-electron chi connectivity index (χ3n) is 4.24. The van der Waals surface area contributed by atoms with Crippen molar-refractivity contribution in [2.24, 2.45) is 5.92 Å². The Balaban J connectivity index is 2.09. The van der Waals surface area contributed by atoms with E-state index in [4.69, 9.17) is 18.6 Å². The van der Waals surface area contributed by atoms with E-state index in [-0.39, 0.29) is 29.7 Å². The predicted molar refractivity (Wildman–Crippen MR) is 105 cm³/mol. The van der Waals surface area contributed by atoms with Crippen molar-refractivity contribution >= 4 is 16.9 Å². The number of unbranched alkanes of at least 4 members (excludes halogenated alkanes) is 3. The molecule has 2 rings (SSSR count). The van der Waals surface area contributed by atoms with Crippen LogP contribution in [0.1, 0.15) is 46.5 Å². The molecule has 1 aromatic heterocycles. The molecule has 0 radical (unpaired) electrons. The number of carbonyl (C=O) groups excluding carboxylic acids is 1. The van der Waals surface area contributed by atoms with E-state index < -0.39 is 11.5 Å². The maximum atomic E-state index is 12.2. The molecule has 1 N–H and O–H groups in total. The summed E-state index contributed by atoms with van der Waals surface area (Å²) in [6.07, 6.45) is 4.00. The van der Waals surface area contributed by atoms with Crippen LogP contribution in [0, 0.1) is 5.92 Å². The largest absolute Gasteiger partial charge is 0.504 e. The SMILES string of the molecule is CCCCCCOc1c(O)c2ccc(OCC(C)C(=O)OCC)cc2oc1=O. The molecule has 1 unspecified atom stereocenters. The molecule has 1 aromatic carbocycles. The van der Waals surface area contributed by atoms with Gasteiger partial charge in [0.25, 0.3) is 0 Å². The number of esters is 1. The molecule has 0 spiro atoms. The summed E-state index contributed by atoms with van der Waals surface area (Å²) in [5.41, 5.74) is -0.556. The summed E-state index contributed by atoms with van der Waals surface area (Å²) in [6.45, 7) is 6.34. The van der Waals surface area contributed by atoms with Gasteiger partial charge >= 0.3 is 11.6 Å². The smallest absolute Gasteiger partial charge is 0.383 e. The Morgan fingerprint density at radius 3 is 2.68 bits per heavy atom. The molecule has 0 aliphatic rings. The summed E-state index contributed by atoms with van der Waals surface area (Å²) in [4.78, 5) is 23.8. The molecule has 7 nitrogen and oxygen atoms in total. The third-order valence-corrected chi connectivity index (χ3v) is 4.24. The van der Waals surface area contributed by atoms with E-state index in [0.717, 1.165) is 25.7 Å². The molecule has 1 atom stereocenters. The zero-order valence-corrected chi connectivity index (χ0v) is 16.7. The Morgan fingerprint density at radius 2 is 1.96 bits per heavy atom. The maximum Gasteiger partial charge on any atom is 0.383 e. The molecule has 0 saturated carbocycles. The Hall–Kier alpha value is -2.70. The Kier molecular flexibility index (Phi) is 8.17. The van der Waals surface area contributed by atoms with Gasteiger partial charge in [0.15, 0.2) is 5.75 Å². The minimum Gasteiger partial charge on any atom is -0.504 e. The van der Waals surface area contributed by atoms with E-state index in [1.54, 1.807) is 26.0 Å². The maximum absolute atomic E-state index is 12.2. The van der Waals surface area contributed by atoms with Crippen molar-refractivity contribution in [2.75, 3.05) is 19.8 Å². The van der Waals surface area contributed by atoms with Crippen molar-refractivity contribution < 1.29 is 28.5 Å². The van der Waals surface area contributed by atoms with Gasteiger partial charge in [0.2, 0.25) is 5.75 Å². The fourth-order valence-electron chi connectivity index (χ4n) is 2.64. The van der Waals surface area contributed by atoms with Crippen LogP contribution in [0.25, 0.3) is 11.0 Å². The average Bonchev–Trinajstić information content (AvgIpc) is 2.68. The van der Waals surface area contributed by atoms with E-state index in [1.165, 1.54) is 6.07 Å². The molecule has 0 amide bonds. The molecular formula is C21H28O7. The second-order valence-corrected chi connectivity index (χ2v) is 6.60. The van der Waals surface area contributed by atoms with Crippen molar-refractivity contribution in [1.82, 2.24) is 0 Å². The Morgan fingerprint density at radius 1 is 1.18 bits per heavy atom. The molecule has 0 aliphatic carbocycles. The van der Waals surface area contributed by atoms with E-state index >= 15 is 0 Å². The first kappa shape index (κ1) is 21.6. The Labute approximate surface area is 164 Å². The second-order valence-electron chi connectivity index (χ2n) is 6.60. The van der Waals surface area contributed by atoms with Gasteiger partial charge in [0, 0.05) is 6.07 Å². The molecule has 1 heterocycles. The van der Waals surface area contributed by atoms with Crippen LogP contribution in [0.5, 0.6) is 17.2 Å². The zero-order chi connectivity index (χ0) is 20.5. The van der Waals surface area contributed by atoms with Gasteiger partial charge < -0.3 is 23.7 Å². The summed E-state index contributed by atoms with van der Waals surface area (Å²) < 4.78 is 21.2. The van der Waals surface area contributed by atoms with Crippen LogP contribution in [0.3, 0.4) is 0 Å². The molecule has 0 fully saturated rings. The van der Waals surface area contributed by atoms with Crippen LogP contribution in [-0.4, -0.2) is 30.9 Å². The van der Waals surface area contributed by atoms with Crippen molar-refractivity contribution in [2.45, 2.75) is 46.5 Å². The Bertz CT molecular complexity index is 840. The lowest BCUT2D eigenvalue weighted by Crippen LogP contribution is -2.21. The van der Waals surface area contributed by atoms with Gasteiger partial charge in [-0.15, -0.1) is 0 Å². The van der Waals surface area contributed by atoms with Crippen molar-refractivity contribution in [3.63, 3.8) is 0 Å². The van der Waals surface area contributed by atoms with Crippen LogP contribution in [0.4, 0.5) is 0 Å². The molecule has 28 heavy (non-hydrogen) atoms. The quantitative estimate of drug-likeness (QED) is 0.350. The number of benzene rings is 1. The monoisotopic (exact) mass is 392 g/mol. The first-order valence-corrected chi connectivity index (χ1v) is 9.70. The summed E-state index contributed by atoms with van der Waals surface area (Å²) in [6, 6.07) is 4.71. The summed E-state index contributed by atoms with van der Waals surface area (Å²) >= 11 is 0. The highest BCUT2D eigenvalue weighted by atomic mass is 16.5. The van der Waals surface area contributed by atoms with E-state index in [1.807, 2.05) is 0 Å². The number of hydrogen-bond acceptors (Lipinski definition) is 7. The third kappa shape index (κ3) is 5.65. The summed E-state index contributed by atoms with van der Waals surface area (Å²) in [5, 5.41) is 10.7. The van der Waals surface area contributed by atoms with Gasteiger partial charge in [-0.3, -0.25) is 4.79 Å². The van der Waals surface area contributed by atoms with Crippen LogP contribution in [0.15, 0.2) is 27.4 Å². The predicted octanol–water partition coefficient (Wildman–Crippen LogP) is 4.04. The van der Waals surface area contributed by atoms with E-state index in [0.29, 0.717) is 24.3 Å². The molecule has 0 bridgehead atoms. The first-order valence-electron chi connectivity index (χ1n) is 9.70. The molecule has 2 aromatic rings. The average molecular weight is 392 g/mol. The van der Waals surface area contributed by atoms with Gasteiger partial charge in [-0.25, -0.2) is 4.79 Å². The summed E-state index contributed by atoms with van der Waals surface area (Å²) in [7, 11) is 0.